The Bertz CT molecular complexity index is 136. The van der Waals surface area contributed by atoms with E-state index in [1.54, 1.807) is 13.2 Å². The van der Waals surface area contributed by atoms with Crippen LogP contribution in [0, 0.1) is 0 Å². The van der Waals surface area contributed by atoms with Crippen LogP contribution in [0.25, 0.3) is 0 Å². The molecule has 0 saturated carbocycles. The van der Waals surface area contributed by atoms with E-state index in [1.165, 1.54) is 0 Å². The molecule has 0 aliphatic heterocycles. The van der Waals surface area contributed by atoms with Crippen molar-refractivity contribution in [1.29, 1.82) is 0 Å². The minimum absolute atomic E-state index is 0.523. The Morgan fingerprint density at radius 1 is 1.60 bits per heavy atom. The van der Waals surface area contributed by atoms with Crippen molar-refractivity contribution in [3.63, 3.8) is 0 Å². The van der Waals surface area contributed by atoms with Gasteiger partial charge in [0.15, 0.2) is 0 Å². The molecular weight excluding hydrogens is 128 g/mol. The van der Waals surface area contributed by atoms with Crippen molar-refractivity contribution in [1.82, 2.24) is 0 Å². The van der Waals surface area contributed by atoms with Crippen LogP contribution in [0.3, 0.4) is 0 Å². The zero-order valence-corrected chi connectivity index (χ0v) is 6.81. The molecule has 0 bridgehead atoms. The normalized spacial score (nSPS) is 10.9. The minimum atomic E-state index is 0.523. The number of hydrogen-bond donors (Lipinski definition) is 0. The summed E-state index contributed by atoms with van der Waals surface area (Å²) in [6.45, 7) is 8.10. The molecule has 0 aromatic rings. The van der Waals surface area contributed by atoms with Crippen LogP contribution in [0.2, 0.25) is 0 Å². The molecule has 0 aliphatic carbocycles. The zero-order chi connectivity index (χ0) is 7.98. The van der Waals surface area contributed by atoms with Crippen LogP contribution in [0.4, 0.5) is 0 Å². The maximum Gasteiger partial charge on any atom is 0.279 e. The van der Waals surface area contributed by atoms with Gasteiger partial charge >= 0.3 is 0 Å². The first-order valence-electron chi connectivity index (χ1n) is 3.24. The van der Waals surface area contributed by atoms with E-state index in [0.29, 0.717) is 12.6 Å². The lowest BCUT2D eigenvalue weighted by atomic mass is 10.3. The predicted octanol–water partition coefficient (Wildman–Crippen LogP) is 2.09. The van der Waals surface area contributed by atoms with Crippen LogP contribution < -0.4 is 0 Å². The average Bonchev–Trinajstić information content (AvgIpc) is 1.86. The molecule has 0 spiro atoms. The molecule has 0 aromatic carbocycles. The van der Waals surface area contributed by atoms with Crippen LogP contribution in [0.5, 0.6) is 0 Å². The summed E-state index contributed by atoms with van der Waals surface area (Å²) in [7, 11) is 1.57. The van der Waals surface area contributed by atoms with Crippen LogP contribution in [0.1, 0.15) is 13.8 Å². The summed E-state index contributed by atoms with van der Waals surface area (Å²) in [6.07, 6.45) is 1.75. The number of hydrogen-bond acceptors (Lipinski definition) is 2. The topological polar surface area (TPSA) is 18.5 Å². The van der Waals surface area contributed by atoms with Gasteiger partial charge in [-0.1, -0.05) is 12.2 Å². The average molecular weight is 142 g/mol. The van der Waals surface area contributed by atoms with Gasteiger partial charge in [-0.2, -0.15) is 0 Å². The van der Waals surface area contributed by atoms with Crippen molar-refractivity contribution < 1.29 is 9.47 Å². The molecule has 0 N–H and O–H groups in total. The molecule has 0 fully saturated rings. The predicted molar refractivity (Wildman–Crippen MR) is 41.5 cm³/mol. The van der Waals surface area contributed by atoms with Gasteiger partial charge in [0, 0.05) is 6.08 Å². The van der Waals surface area contributed by atoms with Crippen molar-refractivity contribution in [2.45, 2.75) is 13.8 Å². The van der Waals surface area contributed by atoms with Gasteiger partial charge in [-0.25, -0.2) is 0 Å². The quantitative estimate of drug-likeness (QED) is 0.442. The van der Waals surface area contributed by atoms with E-state index in [2.05, 4.69) is 6.58 Å². The van der Waals surface area contributed by atoms with Gasteiger partial charge in [0.1, 0.15) is 0 Å². The van der Waals surface area contributed by atoms with Gasteiger partial charge in [0.2, 0.25) is 0 Å². The summed E-state index contributed by atoms with van der Waals surface area (Å²) in [6, 6.07) is 0. The van der Waals surface area contributed by atoms with Gasteiger partial charge in [-0.3, -0.25) is 0 Å². The molecule has 0 radical (unpaired) electrons. The first-order valence-corrected chi connectivity index (χ1v) is 3.24. The zero-order valence-electron chi connectivity index (χ0n) is 6.81. The van der Waals surface area contributed by atoms with E-state index in [4.69, 9.17) is 9.47 Å². The van der Waals surface area contributed by atoms with E-state index in [-0.39, 0.29) is 0 Å². The van der Waals surface area contributed by atoms with Crippen LogP contribution >= 0.6 is 0 Å². The highest BCUT2D eigenvalue weighted by atomic mass is 16.7. The van der Waals surface area contributed by atoms with Gasteiger partial charge in [0.05, 0.1) is 13.7 Å². The molecule has 0 heterocycles. The van der Waals surface area contributed by atoms with E-state index in [1.807, 2.05) is 13.8 Å². The third-order valence-electron chi connectivity index (χ3n) is 0.852. The molecule has 10 heavy (non-hydrogen) atoms. The SMILES string of the molecule is C=C(C)C=C(OC)OCC. The van der Waals surface area contributed by atoms with E-state index < -0.39 is 0 Å². The number of methoxy groups -OCH3 is 1. The summed E-state index contributed by atoms with van der Waals surface area (Å²) in [4.78, 5) is 0. The van der Waals surface area contributed by atoms with Crippen LogP contribution in [-0.2, 0) is 9.47 Å². The highest BCUT2D eigenvalue weighted by Gasteiger charge is 1.92. The van der Waals surface area contributed by atoms with Gasteiger partial charge in [-0.15, -0.1) is 0 Å². The highest BCUT2D eigenvalue weighted by Crippen LogP contribution is 2.01. The summed E-state index contributed by atoms with van der Waals surface area (Å²) >= 11 is 0. The van der Waals surface area contributed by atoms with Crippen molar-refractivity contribution in [3.8, 4) is 0 Å². The lowest BCUT2D eigenvalue weighted by Crippen LogP contribution is -1.93. The number of rotatable bonds is 4. The Kier molecular flexibility index (Phi) is 4.46. The molecule has 58 valence electrons. The molecular formula is C8H14O2. The van der Waals surface area contributed by atoms with Gasteiger partial charge < -0.3 is 9.47 Å². The standard InChI is InChI=1S/C8H14O2/c1-5-10-8(9-4)6-7(2)3/h6H,2,5H2,1,3-4H3. The smallest absolute Gasteiger partial charge is 0.279 e. The van der Waals surface area contributed by atoms with Crippen LogP contribution in [-0.4, -0.2) is 13.7 Å². The summed E-state index contributed by atoms with van der Waals surface area (Å²) in [5, 5.41) is 0. The fourth-order valence-corrected chi connectivity index (χ4v) is 0.503. The summed E-state index contributed by atoms with van der Waals surface area (Å²) in [5.41, 5.74) is 0.922. The molecule has 0 aliphatic rings. The highest BCUT2D eigenvalue weighted by molar-refractivity contribution is 5.11. The molecule has 0 atom stereocenters. The number of ether oxygens (including phenoxy) is 2. The van der Waals surface area contributed by atoms with Gasteiger partial charge in [-0.05, 0) is 13.8 Å². The second-order valence-corrected chi connectivity index (χ2v) is 1.95. The largest absolute Gasteiger partial charge is 0.469 e. The third kappa shape index (κ3) is 4.01. The van der Waals surface area contributed by atoms with Crippen molar-refractivity contribution >= 4 is 0 Å². The van der Waals surface area contributed by atoms with Crippen molar-refractivity contribution in [3.05, 3.63) is 24.2 Å². The Morgan fingerprint density at radius 2 is 2.20 bits per heavy atom. The maximum absolute atomic E-state index is 5.08. The second-order valence-electron chi connectivity index (χ2n) is 1.95. The van der Waals surface area contributed by atoms with E-state index >= 15 is 0 Å². The molecule has 2 heteroatoms. The molecule has 0 unspecified atom stereocenters. The fraction of sp³-hybridized carbons (Fsp3) is 0.500. The maximum atomic E-state index is 5.08. The van der Waals surface area contributed by atoms with Crippen LogP contribution in [0.15, 0.2) is 24.2 Å². The lowest BCUT2D eigenvalue weighted by molar-refractivity contribution is 0.0689. The summed E-state index contributed by atoms with van der Waals surface area (Å²) < 4.78 is 9.96. The first kappa shape index (κ1) is 9.08. The Labute approximate surface area is 62.1 Å². The second kappa shape index (κ2) is 4.91. The van der Waals surface area contributed by atoms with Crippen molar-refractivity contribution in [2.24, 2.45) is 0 Å². The van der Waals surface area contributed by atoms with Gasteiger partial charge in [0.25, 0.3) is 5.95 Å². The molecule has 0 rings (SSSR count). The molecule has 0 amide bonds. The van der Waals surface area contributed by atoms with Crippen molar-refractivity contribution in [2.75, 3.05) is 13.7 Å². The minimum Gasteiger partial charge on any atom is -0.469 e. The monoisotopic (exact) mass is 142 g/mol. The fourth-order valence-electron chi connectivity index (χ4n) is 0.503. The van der Waals surface area contributed by atoms with E-state index in [9.17, 15) is 0 Å². The number of allylic oxidation sites excluding steroid dienone is 2. The summed E-state index contributed by atoms with van der Waals surface area (Å²) in [5.74, 6) is 0.523. The third-order valence-corrected chi connectivity index (χ3v) is 0.852. The first-order chi connectivity index (χ1) is 4.70. The Morgan fingerprint density at radius 3 is 2.50 bits per heavy atom. The lowest BCUT2D eigenvalue weighted by Gasteiger charge is -2.05. The Hall–Kier alpha value is -0.920. The molecule has 2 nitrogen and oxygen atoms in total. The Balaban J connectivity index is 3.91. The molecule has 0 saturated heterocycles. The van der Waals surface area contributed by atoms with E-state index in [0.717, 1.165) is 5.57 Å². The molecule has 0 aromatic heterocycles.